The van der Waals surface area contributed by atoms with Crippen LogP contribution < -0.4 is 16.7 Å². The summed E-state index contributed by atoms with van der Waals surface area (Å²) < 4.78 is 7.01. The number of nitrogens with two attached hydrogens (primary N) is 1. The van der Waals surface area contributed by atoms with Crippen LogP contribution >= 0.6 is 15.9 Å². The van der Waals surface area contributed by atoms with Crippen LogP contribution in [0.25, 0.3) is 11.2 Å². The molecule has 0 radical (unpaired) electrons. The molecule has 2 aromatic heterocycles. The van der Waals surface area contributed by atoms with E-state index in [-0.39, 0.29) is 28.7 Å². The number of nitrogen functional groups attached to an aromatic ring is 1. The van der Waals surface area contributed by atoms with Crippen molar-refractivity contribution in [1.29, 1.82) is 0 Å². The molecule has 1 aliphatic heterocycles. The number of aromatic amines is 1. The number of nitro groups is 1. The second kappa shape index (κ2) is 8.83. The Balaban J connectivity index is 1.74. The summed E-state index contributed by atoms with van der Waals surface area (Å²) in [4.78, 5) is 33.3. The number of nitrogens with one attached hydrogen (secondary N) is 2. The number of imidazole rings is 1. The molecule has 174 valence electrons. The Bertz CT molecular complexity index is 1310. The number of H-pyrrole nitrogens is 1. The lowest BCUT2D eigenvalue weighted by Crippen LogP contribution is -2.33. The van der Waals surface area contributed by atoms with Crippen LogP contribution in [0.5, 0.6) is 0 Å². The van der Waals surface area contributed by atoms with Crippen LogP contribution in [0.1, 0.15) is 11.8 Å². The van der Waals surface area contributed by atoms with Crippen LogP contribution in [0.2, 0.25) is 0 Å². The van der Waals surface area contributed by atoms with Crippen molar-refractivity contribution in [3.63, 3.8) is 0 Å². The molecule has 3 heterocycles. The number of ether oxygens (including phenoxy) is 1. The van der Waals surface area contributed by atoms with Gasteiger partial charge in [-0.2, -0.15) is 10.1 Å². The molecule has 0 unspecified atom stereocenters. The molecule has 1 aromatic carbocycles. The number of rotatable bonds is 6. The molecule has 0 spiro atoms. The van der Waals surface area contributed by atoms with Crippen LogP contribution in [0.3, 0.4) is 0 Å². The van der Waals surface area contributed by atoms with Crippen LogP contribution in [0.4, 0.5) is 17.6 Å². The summed E-state index contributed by atoms with van der Waals surface area (Å²) in [6, 6.07) is 4.35. The van der Waals surface area contributed by atoms with Gasteiger partial charge in [0.05, 0.1) is 22.2 Å². The maximum absolute atomic E-state index is 12.3. The van der Waals surface area contributed by atoms with Crippen LogP contribution in [-0.2, 0) is 4.74 Å². The fourth-order valence-corrected chi connectivity index (χ4v) is 3.72. The van der Waals surface area contributed by atoms with E-state index in [2.05, 4.69) is 41.4 Å². The number of hydrazone groups is 1. The van der Waals surface area contributed by atoms with Crippen molar-refractivity contribution in [2.75, 3.05) is 17.8 Å². The average molecular weight is 525 g/mol. The average Bonchev–Trinajstić information content (AvgIpc) is 3.26. The van der Waals surface area contributed by atoms with E-state index in [9.17, 15) is 30.2 Å². The molecular weight excluding hydrogens is 508 g/mol. The number of nitrogens with zero attached hydrogens (tertiary/aromatic N) is 5. The van der Waals surface area contributed by atoms with Crippen molar-refractivity contribution >= 4 is 50.9 Å². The second-order valence-electron chi connectivity index (χ2n) is 7.00. The lowest BCUT2D eigenvalue weighted by molar-refractivity contribution is -0.385. The minimum absolute atomic E-state index is 0.0666. The smallest absolute Gasteiger partial charge is 0.284 e. The number of hydrogen-bond acceptors (Lipinski definition) is 12. The summed E-state index contributed by atoms with van der Waals surface area (Å²) in [5.74, 6) is -0.330. The van der Waals surface area contributed by atoms with E-state index >= 15 is 0 Å². The summed E-state index contributed by atoms with van der Waals surface area (Å²) in [5, 5.41) is 45.1. The number of fused-ring (bicyclic) bond motifs is 1. The third-order valence-electron chi connectivity index (χ3n) is 4.89. The van der Waals surface area contributed by atoms with Gasteiger partial charge in [-0.15, -0.1) is 0 Å². The molecule has 15 nitrogen and oxygen atoms in total. The van der Waals surface area contributed by atoms with E-state index in [1.54, 1.807) is 6.07 Å². The Morgan fingerprint density at radius 3 is 2.82 bits per heavy atom. The Kier molecular flexibility index (Phi) is 6.09. The first-order valence-electron chi connectivity index (χ1n) is 9.34. The third-order valence-corrected chi connectivity index (χ3v) is 5.56. The molecule has 4 rings (SSSR count). The zero-order valence-electron chi connectivity index (χ0n) is 16.5. The van der Waals surface area contributed by atoms with E-state index in [1.165, 1.54) is 22.9 Å². The Morgan fingerprint density at radius 1 is 1.39 bits per heavy atom. The molecule has 1 saturated heterocycles. The fourth-order valence-electron chi connectivity index (χ4n) is 3.33. The topological polar surface area (TPSA) is 227 Å². The molecule has 0 bridgehead atoms. The van der Waals surface area contributed by atoms with Crippen molar-refractivity contribution in [2.24, 2.45) is 5.10 Å². The molecule has 33 heavy (non-hydrogen) atoms. The van der Waals surface area contributed by atoms with Gasteiger partial charge < -0.3 is 25.8 Å². The molecule has 4 atom stereocenters. The zero-order chi connectivity index (χ0) is 23.9. The van der Waals surface area contributed by atoms with Crippen molar-refractivity contribution in [3.05, 3.63) is 48.7 Å². The number of aromatic nitrogens is 4. The number of hydrogen-bond donors (Lipinski definition) is 6. The lowest BCUT2D eigenvalue weighted by atomic mass is 10.1. The third kappa shape index (κ3) is 4.16. The van der Waals surface area contributed by atoms with E-state index in [4.69, 9.17) is 10.5 Å². The monoisotopic (exact) mass is 524 g/mol. The molecule has 0 aliphatic carbocycles. The number of aliphatic hydroxyl groups is 3. The standard InChI is InChI=1S/C17H17BrN8O7/c18-7-2-1-6(3-8(7)26(31)32)4-20-24-17-21-10-13(22-16(19)23-14(10)30)25(17)15-12(29)11(28)9(5-27)33-15/h1-4,9,11-12,15,27-29H,5H2,(H,21,24)(H3,19,22,23,30)/t9-,11+,12+,15+/m0/s1. The summed E-state index contributed by atoms with van der Waals surface area (Å²) in [6.45, 7) is -0.569. The SMILES string of the molecule is Nc1nc2c(nc(NN=Cc3ccc(Br)c([N+](=O)[O-])c3)n2[C@@H]2O[C@@H](CO)[C@@H](O)[C@H]2O)c(=O)[nH]1. The van der Waals surface area contributed by atoms with Gasteiger partial charge in [-0.3, -0.25) is 24.5 Å². The Morgan fingerprint density at radius 2 is 2.15 bits per heavy atom. The van der Waals surface area contributed by atoms with Crippen LogP contribution in [0, 0.1) is 10.1 Å². The summed E-state index contributed by atoms with van der Waals surface area (Å²) in [7, 11) is 0. The highest BCUT2D eigenvalue weighted by molar-refractivity contribution is 9.10. The van der Waals surface area contributed by atoms with Gasteiger partial charge in [0.15, 0.2) is 17.4 Å². The molecule has 0 amide bonds. The van der Waals surface area contributed by atoms with Gasteiger partial charge in [0, 0.05) is 11.6 Å². The maximum Gasteiger partial charge on any atom is 0.284 e. The van der Waals surface area contributed by atoms with E-state index < -0.39 is 41.6 Å². The first kappa shape index (κ1) is 22.7. The number of nitro benzene ring substituents is 1. The number of benzene rings is 1. The lowest BCUT2D eigenvalue weighted by Gasteiger charge is -2.18. The molecular formula is C17H17BrN8O7. The highest BCUT2D eigenvalue weighted by atomic mass is 79.9. The van der Waals surface area contributed by atoms with Crippen LogP contribution in [-0.4, -0.2) is 70.9 Å². The van der Waals surface area contributed by atoms with Gasteiger partial charge >= 0.3 is 0 Å². The first-order chi connectivity index (χ1) is 15.7. The number of aliphatic hydroxyl groups excluding tert-OH is 3. The normalized spacial score (nSPS) is 22.9. The van der Waals surface area contributed by atoms with Crippen molar-refractivity contribution < 1.29 is 25.0 Å². The molecule has 1 aliphatic rings. The van der Waals surface area contributed by atoms with Gasteiger partial charge in [-0.05, 0) is 22.0 Å². The van der Waals surface area contributed by atoms with Gasteiger partial charge in [0.1, 0.15) is 18.3 Å². The minimum Gasteiger partial charge on any atom is -0.394 e. The van der Waals surface area contributed by atoms with Gasteiger partial charge in [0.25, 0.3) is 11.2 Å². The molecule has 0 saturated carbocycles. The van der Waals surface area contributed by atoms with E-state index in [0.717, 1.165) is 0 Å². The Hall–Kier alpha value is -3.44. The van der Waals surface area contributed by atoms with Gasteiger partial charge in [-0.1, -0.05) is 6.07 Å². The minimum atomic E-state index is -1.50. The summed E-state index contributed by atoms with van der Waals surface area (Å²) in [6.07, 6.45) is -4.03. The van der Waals surface area contributed by atoms with Gasteiger partial charge in [0.2, 0.25) is 11.9 Å². The second-order valence-corrected chi connectivity index (χ2v) is 7.85. The number of anilines is 2. The maximum atomic E-state index is 12.3. The van der Waals surface area contributed by atoms with Crippen molar-refractivity contribution in [1.82, 2.24) is 19.5 Å². The molecule has 16 heteroatoms. The molecule has 7 N–H and O–H groups in total. The number of halogens is 1. The van der Waals surface area contributed by atoms with E-state index in [0.29, 0.717) is 10.0 Å². The summed E-state index contributed by atoms with van der Waals surface area (Å²) in [5.41, 5.74) is 7.54. The quantitative estimate of drug-likeness (QED) is 0.136. The summed E-state index contributed by atoms with van der Waals surface area (Å²) >= 11 is 3.10. The largest absolute Gasteiger partial charge is 0.394 e. The highest BCUT2D eigenvalue weighted by Gasteiger charge is 2.45. The van der Waals surface area contributed by atoms with Crippen LogP contribution in [0.15, 0.2) is 32.6 Å². The van der Waals surface area contributed by atoms with Crippen molar-refractivity contribution in [2.45, 2.75) is 24.5 Å². The Labute approximate surface area is 191 Å². The van der Waals surface area contributed by atoms with Gasteiger partial charge in [-0.25, -0.2) is 10.4 Å². The first-order valence-corrected chi connectivity index (χ1v) is 10.1. The van der Waals surface area contributed by atoms with Crippen molar-refractivity contribution in [3.8, 4) is 0 Å². The zero-order valence-corrected chi connectivity index (χ0v) is 18.1. The van der Waals surface area contributed by atoms with E-state index in [1.807, 2.05) is 0 Å². The predicted octanol–water partition coefficient (Wildman–Crippen LogP) is -0.570. The fraction of sp³-hybridized carbons (Fsp3) is 0.294. The molecule has 1 fully saturated rings. The molecule has 3 aromatic rings. The predicted molar refractivity (Wildman–Crippen MR) is 118 cm³/mol. The highest BCUT2D eigenvalue weighted by Crippen LogP contribution is 2.34.